The van der Waals surface area contributed by atoms with Gasteiger partial charge in [0.1, 0.15) is 5.76 Å². The van der Waals surface area contributed by atoms with Gasteiger partial charge in [0, 0.05) is 6.54 Å². The minimum absolute atomic E-state index is 0.337. The molecule has 0 saturated heterocycles. The van der Waals surface area contributed by atoms with Gasteiger partial charge < -0.3 is 9.15 Å². The molecule has 0 bridgehead atoms. The highest BCUT2D eigenvalue weighted by atomic mass is 16.5. The van der Waals surface area contributed by atoms with Crippen molar-refractivity contribution in [2.75, 3.05) is 0 Å². The molecule has 0 saturated carbocycles. The van der Waals surface area contributed by atoms with Crippen molar-refractivity contribution in [2.45, 2.75) is 27.0 Å². The van der Waals surface area contributed by atoms with Crippen LogP contribution in [0.4, 0.5) is 0 Å². The highest BCUT2D eigenvalue weighted by Crippen LogP contribution is 2.11. The zero-order valence-electron chi connectivity index (χ0n) is 8.80. The average molecular weight is 207 g/mol. The van der Waals surface area contributed by atoms with E-state index in [2.05, 4.69) is 10.1 Å². The summed E-state index contributed by atoms with van der Waals surface area (Å²) in [5.74, 6) is 2.10. The van der Waals surface area contributed by atoms with Gasteiger partial charge >= 0.3 is 0 Å². The van der Waals surface area contributed by atoms with Crippen LogP contribution in [-0.2, 0) is 13.2 Å². The minimum atomic E-state index is 0.337. The third kappa shape index (κ3) is 2.37. The maximum Gasteiger partial charge on any atom is 0.232 e. The number of oxazole rings is 1. The quantitative estimate of drug-likeness (QED) is 0.766. The zero-order chi connectivity index (χ0) is 10.7. The van der Waals surface area contributed by atoms with Crippen LogP contribution in [0.1, 0.15) is 18.6 Å². The molecule has 15 heavy (non-hydrogen) atoms. The Morgan fingerprint density at radius 1 is 1.47 bits per heavy atom. The van der Waals surface area contributed by atoms with Crippen molar-refractivity contribution in [1.29, 1.82) is 0 Å². The molecule has 2 heterocycles. The van der Waals surface area contributed by atoms with Crippen molar-refractivity contribution < 1.29 is 9.15 Å². The first-order valence-corrected chi connectivity index (χ1v) is 4.84. The molecular formula is C10H13N3O2. The lowest BCUT2D eigenvalue weighted by Gasteiger charge is -1.98. The summed E-state index contributed by atoms with van der Waals surface area (Å²) in [6, 6.07) is 0. The third-order valence-electron chi connectivity index (χ3n) is 1.97. The maximum absolute atomic E-state index is 5.45. The van der Waals surface area contributed by atoms with E-state index in [9.17, 15) is 0 Å². The molecule has 5 nitrogen and oxygen atoms in total. The highest BCUT2D eigenvalue weighted by molar-refractivity contribution is 5.11. The fraction of sp³-hybridized carbons (Fsp3) is 0.400. The molecule has 2 aromatic rings. The van der Waals surface area contributed by atoms with Crippen molar-refractivity contribution in [3.8, 4) is 5.75 Å². The van der Waals surface area contributed by atoms with E-state index in [1.807, 2.05) is 20.0 Å². The van der Waals surface area contributed by atoms with Crippen LogP contribution in [0.25, 0.3) is 0 Å². The van der Waals surface area contributed by atoms with Gasteiger partial charge in [-0.3, -0.25) is 4.68 Å². The second-order valence-corrected chi connectivity index (χ2v) is 3.19. The van der Waals surface area contributed by atoms with Gasteiger partial charge in [-0.15, -0.1) is 0 Å². The molecule has 80 valence electrons. The Hall–Kier alpha value is -1.78. The number of aromatic nitrogens is 3. The van der Waals surface area contributed by atoms with Gasteiger partial charge in [0.2, 0.25) is 5.89 Å². The monoisotopic (exact) mass is 207 g/mol. The number of rotatable bonds is 4. The molecule has 0 amide bonds. The van der Waals surface area contributed by atoms with Crippen LogP contribution in [0.2, 0.25) is 0 Å². The van der Waals surface area contributed by atoms with Crippen LogP contribution < -0.4 is 4.74 Å². The van der Waals surface area contributed by atoms with Gasteiger partial charge in [-0.1, -0.05) is 0 Å². The van der Waals surface area contributed by atoms with E-state index in [-0.39, 0.29) is 0 Å². The number of nitrogens with zero attached hydrogens (tertiary/aromatic N) is 3. The van der Waals surface area contributed by atoms with Gasteiger partial charge in [0.05, 0.1) is 18.6 Å². The van der Waals surface area contributed by atoms with Crippen molar-refractivity contribution in [3.05, 3.63) is 30.2 Å². The first kappa shape index (κ1) is 9.76. The molecule has 0 aliphatic carbocycles. The number of hydrogen-bond donors (Lipinski definition) is 0. The zero-order valence-corrected chi connectivity index (χ0v) is 8.80. The average Bonchev–Trinajstić information content (AvgIpc) is 2.83. The van der Waals surface area contributed by atoms with Gasteiger partial charge in [-0.2, -0.15) is 5.10 Å². The first-order valence-electron chi connectivity index (χ1n) is 4.84. The summed E-state index contributed by atoms with van der Waals surface area (Å²) in [6.45, 7) is 5.05. The Morgan fingerprint density at radius 2 is 2.33 bits per heavy atom. The lowest BCUT2D eigenvalue weighted by Crippen LogP contribution is -1.95. The Labute approximate surface area is 87.7 Å². The van der Waals surface area contributed by atoms with E-state index in [0.29, 0.717) is 12.5 Å². The normalized spacial score (nSPS) is 10.5. The summed E-state index contributed by atoms with van der Waals surface area (Å²) in [5.41, 5.74) is 0. The Kier molecular flexibility index (Phi) is 2.71. The van der Waals surface area contributed by atoms with Crippen molar-refractivity contribution in [2.24, 2.45) is 0 Å². The fourth-order valence-corrected chi connectivity index (χ4v) is 1.21. The van der Waals surface area contributed by atoms with Crippen LogP contribution in [0, 0.1) is 6.92 Å². The van der Waals surface area contributed by atoms with Crippen molar-refractivity contribution in [3.63, 3.8) is 0 Å². The Morgan fingerprint density at radius 3 is 2.93 bits per heavy atom. The molecule has 0 aliphatic rings. The van der Waals surface area contributed by atoms with E-state index < -0.39 is 0 Å². The Bertz CT molecular complexity index is 433. The molecule has 5 heteroatoms. The van der Waals surface area contributed by atoms with Crippen LogP contribution in [0.3, 0.4) is 0 Å². The molecular weight excluding hydrogens is 194 g/mol. The van der Waals surface area contributed by atoms with Gasteiger partial charge in [0.15, 0.2) is 12.4 Å². The molecule has 0 atom stereocenters. The number of aryl methyl sites for hydroxylation is 2. The second-order valence-electron chi connectivity index (χ2n) is 3.19. The van der Waals surface area contributed by atoms with Crippen LogP contribution in [0.15, 0.2) is 23.0 Å². The summed E-state index contributed by atoms with van der Waals surface area (Å²) >= 11 is 0. The largest absolute Gasteiger partial charge is 0.481 e. The number of ether oxygens (including phenoxy) is 1. The lowest BCUT2D eigenvalue weighted by atomic mass is 10.6. The predicted molar refractivity (Wildman–Crippen MR) is 53.5 cm³/mol. The topological polar surface area (TPSA) is 53.1 Å². The van der Waals surface area contributed by atoms with E-state index in [4.69, 9.17) is 9.15 Å². The van der Waals surface area contributed by atoms with Gasteiger partial charge in [0.25, 0.3) is 0 Å². The Balaban J connectivity index is 1.93. The van der Waals surface area contributed by atoms with Gasteiger partial charge in [-0.05, 0) is 13.8 Å². The second kappa shape index (κ2) is 4.16. The number of hydrogen-bond acceptors (Lipinski definition) is 4. The molecule has 0 unspecified atom stereocenters. The van der Waals surface area contributed by atoms with E-state index in [1.54, 1.807) is 17.1 Å². The van der Waals surface area contributed by atoms with Gasteiger partial charge in [-0.25, -0.2) is 4.98 Å². The third-order valence-corrected chi connectivity index (χ3v) is 1.97. The lowest BCUT2D eigenvalue weighted by molar-refractivity contribution is 0.260. The smallest absolute Gasteiger partial charge is 0.232 e. The van der Waals surface area contributed by atoms with Crippen molar-refractivity contribution >= 4 is 0 Å². The summed E-state index contributed by atoms with van der Waals surface area (Å²) in [6.07, 6.45) is 5.20. The standard InChI is InChI=1S/C10H13N3O2/c1-3-13-6-9(5-12-13)14-7-10-11-4-8(2)15-10/h4-6H,3,7H2,1-2H3. The minimum Gasteiger partial charge on any atom is -0.481 e. The molecule has 2 aromatic heterocycles. The SMILES string of the molecule is CCn1cc(OCc2ncc(C)o2)cn1. The molecule has 0 aromatic carbocycles. The molecule has 0 N–H and O–H groups in total. The molecule has 0 spiro atoms. The van der Waals surface area contributed by atoms with Crippen LogP contribution >= 0.6 is 0 Å². The van der Waals surface area contributed by atoms with E-state index in [0.717, 1.165) is 18.1 Å². The van der Waals surface area contributed by atoms with Crippen LogP contribution in [0.5, 0.6) is 5.75 Å². The van der Waals surface area contributed by atoms with Crippen LogP contribution in [-0.4, -0.2) is 14.8 Å². The van der Waals surface area contributed by atoms with E-state index in [1.165, 1.54) is 0 Å². The first-order chi connectivity index (χ1) is 7.28. The fourth-order valence-electron chi connectivity index (χ4n) is 1.21. The molecule has 2 rings (SSSR count). The molecule has 0 aliphatic heterocycles. The summed E-state index contributed by atoms with van der Waals surface area (Å²) in [5, 5.41) is 4.09. The summed E-state index contributed by atoms with van der Waals surface area (Å²) < 4.78 is 12.5. The molecule has 0 fully saturated rings. The summed E-state index contributed by atoms with van der Waals surface area (Å²) in [7, 11) is 0. The van der Waals surface area contributed by atoms with E-state index >= 15 is 0 Å². The molecule has 0 radical (unpaired) electrons. The predicted octanol–water partition coefficient (Wildman–Crippen LogP) is 1.78. The van der Waals surface area contributed by atoms with Crippen molar-refractivity contribution in [1.82, 2.24) is 14.8 Å². The maximum atomic E-state index is 5.45. The highest BCUT2D eigenvalue weighted by Gasteiger charge is 2.03. The summed E-state index contributed by atoms with van der Waals surface area (Å²) in [4.78, 5) is 4.04.